The quantitative estimate of drug-likeness (QED) is 0.846. The van der Waals surface area contributed by atoms with Gasteiger partial charge in [-0.2, -0.15) is 0 Å². The molecule has 5 heteroatoms. The van der Waals surface area contributed by atoms with Crippen molar-refractivity contribution in [1.82, 2.24) is 4.98 Å². The Kier molecular flexibility index (Phi) is 2.57. The van der Waals surface area contributed by atoms with Gasteiger partial charge < -0.3 is 10.5 Å². The summed E-state index contributed by atoms with van der Waals surface area (Å²) in [6, 6.07) is 4.25. The van der Waals surface area contributed by atoms with Gasteiger partial charge in [0.2, 0.25) is 0 Å². The van der Waals surface area contributed by atoms with Crippen LogP contribution in [0.15, 0.2) is 29.8 Å². The molecule has 1 unspecified atom stereocenters. The predicted molar refractivity (Wildman–Crippen MR) is 63.4 cm³/mol. The van der Waals surface area contributed by atoms with E-state index < -0.39 is 0 Å². The Morgan fingerprint density at radius 3 is 3.12 bits per heavy atom. The summed E-state index contributed by atoms with van der Waals surface area (Å²) in [5, 5.41) is 2.82. The molecule has 0 radical (unpaired) electrons. The molecular weight excluding hydrogens is 239 g/mol. The van der Waals surface area contributed by atoms with E-state index in [-0.39, 0.29) is 18.0 Å². The number of hydrogen-bond acceptors (Lipinski definition) is 4. The molecular formula is C12H11FN2OS. The zero-order valence-electron chi connectivity index (χ0n) is 8.97. The van der Waals surface area contributed by atoms with E-state index in [1.807, 2.05) is 5.38 Å². The molecule has 0 spiro atoms. The summed E-state index contributed by atoms with van der Waals surface area (Å²) in [4.78, 5) is 4.23. The topological polar surface area (TPSA) is 48.1 Å². The third-order valence-corrected chi connectivity index (χ3v) is 3.70. The SMILES string of the molecule is N[C@@H]1CC(c2nccs2)Oc2ccc(F)cc21. The van der Waals surface area contributed by atoms with Crippen LogP contribution in [0.2, 0.25) is 0 Å². The molecule has 1 aromatic carbocycles. The van der Waals surface area contributed by atoms with Gasteiger partial charge in [0, 0.05) is 29.6 Å². The third kappa shape index (κ3) is 1.92. The van der Waals surface area contributed by atoms with Crippen LogP contribution in [0.5, 0.6) is 5.75 Å². The molecule has 0 saturated carbocycles. The maximum Gasteiger partial charge on any atom is 0.152 e. The zero-order chi connectivity index (χ0) is 11.8. The van der Waals surface area contributed by atoms with Crippen LogP contribution in [0.4, 0.5) is 4.39 Å². The Balaban J connectivity index is 1.96. The van der Waals surface area contributed by atoms with Gasteiger partial charge in [0.05, 0.1) is 0 Å². The number of fused-ring (bicyclic) bond motifs is 1. The molecule has 0 bridgehead atoms. The van der Waals surface area contributed by atoms with E-state index in [4.69, 9.17) is 10.5 Å². The van der Waals surface area contributed by atoms with Gasteiger partial charge in [-0.15, -0.1) is 11.3 Å². The summed E-state index contributed by atoms with van der Waals surface area (Å²) >= 11 is 1.54. The molecule has 0 aliphatic carbocycles. The minimum Gasteiger partial charge on any atom is -0.483 e. The van der Waals surface area contributed by atoms with Crippen molar-refractivity contribution < 1.29 is 9.13 Å². The Bertz CT molecular complexity index is 529. The van der Waals surface area contributed by atoms with Crippen molar-refractivity contribution >= 4 is 11.3 Å². The minimum absolute atomic E-state index is 0.122. The fraction of sp³-hybridized carbons (Fsp3) is 0.250. The molecule has 0 fully saturated rings. The summed E-state index contributed by atoms with van der Waals surface area (Å²) in [5.41, 5.74) is 6.78. The van der Waals surface area contributed by atoms with Crippen molar-refractivity contribution in [3.8, 4) is 5.75 Å². The maximum atomic E-state index is 13.1. The van der Waals surface area contributed by atoms with Crippen molar-refractivity contribution in [1.29, 1.82) is 0 Å². The summed E-state index contributed by atoms with van der Waals surface area (Å²) in [5.74, 6) is 0.376. The van der Waals surface area contributed by atoms with Crippen molar-refractivity contribution in [2.24, 2.45) is 5.73 Å². The van der Waals surface area contributed by atoms with Crippen LogP contribution in [0.3, 0.4) is 0 Å². The van der Waals surface area contributed by atoms with Gasteiger partial charge in [-0.05, 0) is 18.2 Å². The molecule has 3 rings (SSSR count). The number of benzene rings is 1. The number of rotatable bonds is 1. The van der Waals surface area contributed by atoms with Gasteiger partial charge in [0.25, 0.3) is 0 Å². The number of ether oxygens (including phenoxy) is 1. The van der Waals surface area contributed by atoms with E-state index in [1.165, 1.54) is 12.1 Å². The fourth-order valence-corrected chi connectivity index (χ4v) is 2.70. The van der Waals surface area contributed by atoms with Crippen molar-refractivity contribution in [2.75, 3.05) is 0 Å². The molecule has 88 valence electrons. The lowest BCUT2D eigenvalue weighted by atomic mass is 9.97. The normalized spacial score (nSPS) is 22.9. The monoisotopic (exact) mass is 250 g/mol. The highest BCUT2D eigenvalue weighted by molar-refractivity contribution is 7.09. The molecule has 0 saturated heterocycles. The highest BCUT2D eigenvalue weighted by Crippen LogP contribution is 2.40. The van der Waals surface area contributed by atoms with Crippen LogP contribution < -0.4 is 10.5 Å². The van der Waals surface area contributed by atoms with Gasteiger partial charge in [-0.3, -0.25) is 0 Å². The second kappa shape index (κ2) is 4.09. The minimum atomic E-state index is -0.282. The van der Waals surface area contributed by atoms with Crippen LogP contribution in [0.25, 0.3) is 0 Å². The van der Waals surface area contributed by atoms with E-state index in [9.17, 15) is 4.39 Å². The Morgan fingerprint density at radius 1 is 1.47 bits per heavy atom. The second-order valence-electron chi connectivity index (χ2n) is 4.00. The number of nitrogens with zero attached hydrogens (tertiary/aromatic N) is 1. The molecule has 2 aromatic rings. The lowest BCUT2D eigenvalue weighted by Crippen LogP contribution is -2.24. The van der Waals surface area contributed by atoms with Gasteiger partial charge in [0.15, 0.2) is 6.10 Å². The number of halogens is 1. The predicted octanol–water partition coefficient (Wildman–Crippen LogP) is 2.81. The first-order chi connectivity index (χ1) is 8.24. The highest BCUT2D eigenvalue weighted by Gasteiger charge is 2.28. The van der Waals surface area contributed by atoms with Crippen molar-refractivity contribution in [2.45, 2.75) is 18.6 Å². The standard InChI is InChI=1S/C12H11FN2OS/c13-7-1-2-10-8(5-7)9(14)6-11(16-10)12-15-3-4-17-12/h1-5,9,11H,6,14H2/t9-,11?/m1/s1. The molecule has 1 aromatic heterocycles. The summed E-state index contributed by atoms with van der Waals surface area (Å²) < 4.78 is 18.9. The van der Waals surface area contributed by atoms with E-state index in [1.54, 1.807) is 23.6 Å². The Labute approximate surface area is 102 Å². The fourth-order valence-electron chi connectivity index (χ4n) is 2.02. The molecule has 17 heavy (non-hydrogen) atoms. The van der Waals surface area contributed by atoms with Crippen molar-refractivity contribution in [3.63, 3.8) is 0 Å². The van der Waals surface area contributed by atoms with E-state index in [0.29, 0.717) is 12.2 Å². The lowest BCUT2D eigenvalue weighted by Gasteiger charge is -2.29. The number of thiazole rings is 1. The van der Waals surface area contributed by atoms with Gasteiger partial charge in [0.1, 0.15) is 16.6 Å². The van der Waals surface area contributed by atoms with Crippen LogP contribution >= 0.6 is 11.3 Å². The van der Waals surface area contributed by atoms with E-state index >= 15 is 0 Å². The first-order valence-electron chi connectivity index (χ1n) is 5.35. The summed E-state index contributed by atoms with van der Waals surface area (Å²) in [7, 11) is 0. The van der Waals surface area contributed by atoms with Gasteiger partial charge >= 0.3 is 0 Å². The summed E-state index contributed by atoms with van der Waals surface area (Å²) in [6.07, 6.45) is 2.25. The van der Waals surface area contributed by atoms with Gasteiger partial charge in [-0.25, -0.2) is 9.37 Å². The number of aromatic nitrogens is 1. The Hall–Kier alpha value is -1.46. The van der Waals surface area contributed by atoms with Crippen LogP contribution in [-0.4, -0.2) is 4.98 Å². The van der Waals surface area contributed by atoms with Crippen LogP contribution in [0.1, 0.15) is 29.1 Å². The third-order valence-electron chi connectivity index (χ3n) is 2.84. The molecule has 2 atom stereocenters. The van der Waals surface area contributed by atoms with Crippen LogP contribution in [-0.2, 0) is 0 Å². The smallest absolute Gasteiger partial charge is 0.152 e. The second-order valence-corrected chi connectivity index (χ2v) is 4.93. The number of nitrogens with two attached hydrogens (primary N) is 1. The molecule has 1 aliphatic rings. The first-order valence-corrected chi connectivity index (χ1v) is 6.23. The van der Waals surface area contributed by atoms with E-state index in [2.05, 4.69) is 4.98 Å². The zero-order valence-corrected chi connectivity index (χ0v) is 9.78. The van der Waals surface area contributed by atoms with E-state index in [0.717, 1.165) is 10.6 Å². The first kappa shape index (κ1) is 10.7. The summed E-state index contributed by atoms with van der Waals surface area (Å²) in [6.45, 7) is 0. The molecule has 1 aliphatic heterocycles. The molecule has 3 nitrogen and oxygen atoms in total. The highest BCUT2D eigenvalue weighted by atomic mass is 32.1. The van der Waals surface area contributed by atoms with Gasteiger partial charge in [-0.1, -0.05) is 0 Å². The molecule has 2 N–H and O–H groups in total. The average molecular weight is 250 g/mol. The average Bonchev–Trinajstić information content (AvgIpc) is 2.83. The Morgan fingerprint density at radius 2 is 2.35 bits per heavy atom. The maximum absolute atomic E-state index is 13.1. The number of hydrogen-bond donors (Lipinski definition) is 1. The molecule has 0 amide bonds. The lowest BCUT2D eigenvalue weighted by molar-refractivity contribution is 0.160. The van der Waals surface area contributed by atoms with Crippen molar-refractivity contribution in [3.05, 3.63) is 46.2 Å². The molecule has 2 heterocycles. The largest absolute Gasteiger partial charge is 0.483 e. The van der Waals surface area contributed by atoms with Crippen LogP contribution in [0, 0.1) is 5.82 Å².